The van der Waals surface area contributed by atoms with Gasteiger partial charge >= 0.3 is 0 Å². The van der Waals surface area contributed by atoms with Crippen LogP contribution in [0.3, 0.4) is 0 Å². The topological polar surface area (TPSA) is 20.2 Å². The molecule has 1 N–H and O–H groups in total. The number of hydrogen-bond donors (Lipinski definition) is 1. The second kappa shape index (κ2) is 6.04. The number of hydrogen-bond acceptors (Lipinski definition) is 1. The van der Waals surface area contributed by atoms with Crippen molar-refractivity contribution in [3.63, 3.8) is 0 Å². The van der Waals surface area contributed by atoms with Crippen LogP contribution in [0, 0.1) is 0 Å². The van der Waals surface area contributed by atoms with Gasteiger partial charge in [0.05, 0.1) is 0 Å². The Hall–Kier alpha value is -1.05. The van der Waals surface area contributed by atoms with E-state index in [4.69, 9.17) is 16.7 Å². The lowest BCUT2D eigenvalue weighted by molar-refractivity contribution is 0.283. The summed E-state index contributed by atoms with van der Waals surface area (Å²) in [6.45, 7) is 0.293. The van der Waals surface area contributed by atoms with Gasteiger partial charge in [-0.1, -0.05) is 48.4 Å². The Balaban J connectivity index is 2.19. The summed E-state index contributed by atoms with van der Waals surface area (Å²) in [5.41, 5.74) is 1.35. The Bertz CT molecular complexity index is 493. The minimum absolute atomic E-state index is 0.293. The summed E-state index contributed by atoms with van der Waals surface area (Å²) in [6, 6.07) is 12.4. The zero-order valence-corrected chi connectivity index (χ0v) is 10.6. The van der Waals surface area contributed by atoms with Gasteiger partial charge in [-0.15, -0.1) is 0 Å². The summed E-state index contributed by atoms with van der Waals surface area (Å²) in [4.78, 5) is 0. The molecule has 90 valence electrons. The first-order valence-corrected chi connectivity index (χ1v) is 6.47. The van der Waals surface area contributed by atoms with Gasteiger partial charge in [-0.25, -0.2) is 0 Å². The zero-order chi connectivity index (χ0) is 12.1. The van der Waals surface area contributed by atoms with Gasteiger partial charge in [-0.05, 0) is 36.3 Å². The first kappa shape index (κ1) is 12.4. The highest BCUT2D eigenvalue weighted by atomic mass is 35.5. The maximum atomic E-state index is 8.75. The van der Waals surface area contributed by atoms with Gasteiger partial charge in [0.2, 0.25) is 0 Å². The maximum Gasteiger partial charge on any atom is 0.0484 e. The minimum atomic E-state index is 0.293. The maximum absolute atomic E-state index is 8.75. The molecule has 0 atom stereocenters. The monoisotopic (exact) mass is 248 g/mol. The van der Waals surface area contributed by atoms with E-state index < -0.39 is 0 Å². The first-order valence-electron chi connectivity index (χ1n) is 6.10. The van der Waals surface area contributed by atoms with E-state index in [1.165, 1.54) is 10.9 Å². The van der Waals surface area contributed by atoms with E-state index in [-0.39, 0.29) is 0 Å². The molecule has 2 aromatic carbocycles. The second-order valence-electron chi connectivity index (χ2n) is 4.29. The molecule has 0 saturated carbocycles. The van der Waals surface area contributed by atoms with Crippen LogP contribution >= 0.6 is 11.6 Å². The molecule has 0 unspecified atom stereocenters. The van der Waals surface area contributed by atoms with Crippen LogP contribution in [0.4, 0.5) is 0 Å². The fourth-order valence-electron chi connectivity index (χ4n) is 2.16. The van der Waals surface area contributed by atoms with Crippen LogP contribution in [0.1, 0.15) is 24.8 Å². The van der Waals surface area contributed by atoms with Gasteiger partial charge in [0, 0.05) is 17.0 Å². The number of fused-ring (bicyclic) bond motifs is 1. The molecular weight excluding hydrogens is 232 g/mol. The number of aryl methyl sites for hydroxylation is 1. The molecule has 17 heavy (non-hydrogen) atoms. The van der Waals surface area contributed by atoms with Crippen LogP contribution in [0.2, 0.25) is 5.02 Å². The largest absolute Gasteiger partial charge is 0.396 e. The third kappa shape index (κ3) is 2.99. The van der Waals surface area contributed by atoms with Crippen molar-refractivity contribution in [1.82, 2.24) is 0 Å². The van der Waals surface area contributed by atoms with Gasteiger partial charge in [0.15, 0.2) is 0 Å². The van der Waals surface area contributed by atoms with Crippen LogP contribution in [0.15, 0.2) is 36.4 Å². The van der Waals surface area contributed by atoms with E-state index in [9.17, 15) is 0 Å². The average Bonchev–Trinajstić information content (AvgIpc) is 2.36. The van der Waals surface area contributed by atoms with Crippen molar-refractivity contribution in [2.24, 2.45) is 0 Å². The lowest BCUT2D eigenvalue weighted by atomic mass is 10.00. The molecule has 0 fully saturated rings. The molecule has 0 heterocycles. The molecule has 2 aromatic rings. The Morgan fingerprint density at radius 2 is 1.65 bits per heavy atom. The summed E-state index contributed by atoms with van der Waals surface area (Å²) in [6.07, 6.45) is 4.14. The summed E-state index contributed by atoms with van der Waals surface area (Å²) < 4.78 is 0. The number of aliphatic hydroxyl groups is 1. The summed E-state index contributed by atoms with van der Waals surface area (Å²) in [7, 11) is 0. The molecule has 2 rings (SSSR count). The van der Waals surface area contributed by atoms with Crippen molar-refractivity contribution < 1.29 is 5.11 Å². The Morgan fingerprint density at radius 1 is 0.882 bits per heavy atom. The van der Waals surface area contributed by atoms with Crippen LogP contribution < -0.4 is 0 Å². The van der Waals surface area contributed by atoms with E-state index in [0.29, 0.717) is 6.61 Å². The normalized spacial score (nSPS) is 10.9. The predicted octanol–water partition coefficient (Wildman–Crippen LogP) is 4.20. The molecule has 0 radical (unpaired) electrons. The standard InChI is InChI=1S/C15H17ClO/c16-15-10-5-8-13-12(6-2-1-3-11-17)7-4-9-14(13)15/h4-5,7-10,17H,1-3,6,11H2. The first-order chi connectivity index (χ1) is 8.33. The third-order valence-corrected chi connectivity index (χ3v) is 3.39. The zero-order valence-electron chi connectivity index (χ0n) is 9.82. The van der Waals surface area contributed by atoms with Crippen molar-refractivity contribution in [2.75, 3.05) is 6.61 Å². The molecule has 0 bridgehead atoms. The molecule has 0 spiro atoms. The van der Waals surface area contributed by atoms with Gasteiger partial charge in [0.1, 0.15) is 0 Å². The molecule has 0 aliphatic heterocycles. The highest BCUT2D eigenvalue weighted by molar-refractivity contribution is 6.35. The molecule has 0 aliphatic carbocycles. The van der Waals surface area contributed by atoms with Crippen LogP contribution in [0.5, 0.6) is 0 Å². The van der Waals surface area contributed by atoms with Crippen molar-refractivity contribution in [3.05, 3.63) is 47.0 Å². The van der Waals surface area contributed by atoms with Gasteiger partial charge in [0.25, 0.3) is 0 Å². The van der Waals surface area contributed by atoms with E-state index in [1.807, 2.05) is 12.1 Å². The number of unbranched alkanes of at least 4 members (excludes halogenated alkanes) is 2. The lowest BCUT2D eigenvalue weighted by Gasteiger charge is -2.07. The quantitative estimate of drug-likeness (QED) is 0.787. The van der Waals surface area contributed by atoms with Gasteiger partial charge in [-0.2, -0.15) is 0 Å². The highest BCUT2D eigenvalue weighted by Crippen LogP contribution is 2.26. The molecule has 0 amide bonds. The number of benzene rings is 2. The van der Waals surface area contributed by atoms with E-state index >= 15 is 0 Å². The van der Waals surface area contributed by atoms with Crippen LogP contribution in [0.25, 0.3) is 10.8 Å². The van der Waals surface area contributed by atoms with Crippen molar-refractivity contribution in [2.45, 2.75) is 25.7 Å². The molecule has 0 aliphatic rings. The number of halogens is 1. The fourth-order valence-corrected chi connectivity index (χ4v) is 2.40. The lowest BCUT2D eigenvalue weighted by Crippen LogP contribution is -1.90. The van der Waals surface area contributed by atoms with Crippen molar-refractivity contribution in [1.29, 1.82) is 0 Å². The van der Waals surface area contributed by atoms with Crippen LogP contribution in [-0.2, 0) is 6.42 Å². The van der Waals surface area contributed by atoms with E-state index in [2.05, 4.69) is 24.3 Å². The third-order valence-electron chi connectivity index (χ3n) is 3.06. The second-order valence-corrected chi connectivity index (χ2v) is 4.69. The van der Waals surface area contributed by atoms with Crippen molar-refractivity contribution in [3.8, 4) is 0 Å². The molecule has 0 saturated heterocycles. The number of aliphatic hydroxyl groups excluding tert-OH is 1. The fraction of sp³-hybridized carbons (Fsp3) is 0.333. The molecule has 0 aromatic heterocycles. The Morgan fingerprint density at radius 3 is 2.47 bits per heavy atom. The van der Waals surface area contributed by atoms with Gasteiger partial charge < -0.3 is 5.11 Å². The predicted molar refractivity (Wildman–Crippen MR) is 73.6 cm³/mol. The molecule has 2 heteroatoms. The van der Waals surface area contributed by atoms with E-state index in [0.717, 1.165) is 36.1 Å². The Labute approximate surface area is 107 Å². The smallest absolute Gasteiger partial charge is 0.0484 e. The van der Waals surface area contributed by atoms with Crippen molar-refractivity contribution >= 4 is 22.4 Å². The van der Waals surface area contributed by atoms with Gasteiger partial charge in [-0.3, -0.25) is 0 Å². The minimum Gasteiger partial charge on any atom is -0.396 e. The van der Waals surface area contributed by atoms with E-state index in [1.54, 1.807) is 0 Å². The number of rotatable bonds is 5. The summed E-state index contributed by atoms with van der Waals surface area (Å²) in [5, 5.41) is 12.0. The summed E-state index contributed by atoms with van der Waals surface area (Å²) >= 11 is 6.18. The van der Waals surface area contributed by atoms with Crippen LogP contribution in [-0.4, -0.2) is 11.7 Å². The highest BCUT2D eigenvalue weighted by Gasteiger charge is 2.03. The average molecular weight is 249 g/mol. The summed E-state index contributed by atoms with van der Waals surface area (Å²) in [5.74, 6) is 0. The molecular formula is C15H17ClO. The Kier molecular flexibility index (Phi) is 4.41. The SMILES string of the molecule is OCCCCCc1cccc2c(Cl)cccc12. The molecule has 1 nitrogen and oxygen atoms in total.